The number of aromatic amines is 1. The second kappa shape index (κ2) is 7.47. The lowest BCUT2D eigenvalue weighted by molar-refractivity contribution is 0.313. The molecule has 1 atom stereocenters. The largest absolute Gasteiger partial charge is 0.299 e. The van der Waals surface area contributed by atoms with Gasteiger partial charge < -0.3 is 0 Å². The molecular formula is C20H28N4. The van der Waals surface area contributed by atoms with Crippen molar-refractivity contribution < 1.29 is 0 Å². The highest BCUT2D eigenvalue weighted by molar-refractivity contribution is 5.21. The minimum atomic E-state index is 0.711. The summed E-state index contributed by atoms with van der Waals surface area (Å²) in [5.74, 6) is 1.45. The van der Waals surface area contributed by atoms with Gasteiger partial charge in [-0.05, 0) is 50.3 Å². The van der Waals surface area contributed by atoms with Crippen molar-refractivity contribution in [2.75, 3.05) is 13.1 Å². The zero-order chi connectivity index (χ0) is 16.2. The lowest BCUT2D eigenvalue weighted by atomic mass is 9.85. The molecule has 4 heteroatoms. The molecule has 4 rings (SSSR count). The average Bonchev–Trinajstić information content (AvgIpc) is 3.27. The number of likely N-dealkylation sites (tertiary alicyclic amines) is 1. The summed E-state index contributed by atoms with van der Waals surface area (Å²) < 4.78 is 0. The number of hydrogen-bond donors (Lipinski definition) is 1. The highest BCUT2D eigenvalue weighted by atomic mass is 15.2. The van der Waals surface area contributed by atoms with E-state index in [2.05, 4.69) is 38.4 Å². The van der Waals surface area contributed by atoms with E-state index in [0.717, 1.165) is 18.9 Å². The number of hydrogen-bond acceptors (Lipinski definition) is 3. The maximum atomic E-state index is 4.48. The molecule has 1 saturated carbocycles. The normalized spacial score (nSPS) is 22.9. The minimum absolute atomic E-state index is 0.711. The van der Waals surface area contributed by atoms with E-state index in [0.29, 0.717) is 5.92 Å². The molecule has 1 unspecified atom stereocenters. The van der Waals surface area contributed by atoms with E-state index < -0.39 is 0 Å². The van der Waals surface area contributed by atoms with E-state index in [9.17, 15) is 0 Å². The van der Waals surface area contributed by atoms with Crippen LogP contribution in [0.5, 0.6) is 0 Å². The first-order chi connectivity index (χ1) is 11.9. The Balaban J connectivity index is 1.34. The summed E-state index contributed by atoms with van der Waals surface area (Å²) in [7, 11) is 0. The molecule has 3 heterocycles. The van der Waals surface area contributed by atoms with Gasteiger partial charge in [-0.15, -0.1) is 0 Å². The Morgan fingerprint density at radius 1 is 1.12 bits per heavy atom. The maximum absolute atomic E-state index is 4.48. The van der Waals surface area contributed by atoms with Crippen LogP contribution in [-0.2, 0) is 13.0 Å². The maximum Gasteiger partial charge on any atom is 0.0535 e. The molecule has 2 aromatic rings. The van der Waals surface area contributed by atoms with Crippen molar-refractivity contribution in [2.24, 2.45) is 5.92 Å². The molecule has 1 aliphatic carbocycles. The molecule has 1 N–H and O–H groups in total. The summed E-state index contributed by atoms with van der Waals surface area (Å²) in [5, 5.41) is 7.68. The van der Waals surface area contributed by atoms with Crippen LogP contribution in [0.25, 0.3) is 0 Å². The zero-order valence-electron chi connectivity index (χ0n) is 14.5. The fourth-order valence-electron chi connectivity index (χ4n) is 4.47. The molecule has 2 aromatic heterocycles. The second-order valence-corrected chi connectivity index (χ2v) is 7.56. The van der Waals surface area contributed by atoms with Gasteiger partial charge in [0.05, 0.1) is 6.20 Å². The number of aromatic nitrogens is 3. The van der Waals surface area contributed by atoms with Crippen LogP contribution in [0.4, 0.5) is 0 Å². The van der Waals surface area contributed by atoms with E-state index >= 15 is 0 Å². The number of nitrogens with one attached hydrogen (secondary N) is 1. The van der Waals surface area contributed by atoms with Gasteiger partial charge in [-0.25, -0.2) is 0 Å². The summed E-state index contributed by atoms with van der Waals surface area (Å²) in [4.78, 5) is 7.09. The first-order valence-electron chi connectivity index (χ1n) is 9.53. The van der Waals surface area contributed by atoms with Crippen LogP contribution in [0, 0.1) is 5.92 Å². The van der Waals surface area contributed by atoms with Crippen LogP contribution in [0.1, 0.15) is 61.4 Å². The average molecular weight is 324 g/mol. The van der Waals surface area contributed by atoms with Crippen LogP contribution in [0.3, 0.4) is 0 Å². The summed E-state index contributed by atoms with van der Waals surface area (Å²) in [6, 6.07) is 6.24. The first kappa shape index (κ1) is 15.8. The molecule has 4 nitrogen and oxygen atoms in total. The quantitative estimate of drug-likeness (QED) is 0.907. The SMILES string of the molecule is c1ccc(CC2CCN(Cc3cn[nH]c3C3CCCCC3)C2)nc1. The zero-order valence-corrected chi connectivity index (χ0v) is 14.5. The van der Waals surface area contributed by atoms with Crippen LogP contribution in [0.15, 0.2) is 30.6 Å². The first-order valence-corrected chi connectivity index (χ1v) is 9.53. The van der Waals surface area contributed by atoms with E-state index in [1.165, 1.54) is 68.6 Å². The number of pyridine rings is 1. The Bertz CT molecular complexity index is 630. The van der Waals surface area contributed by atoms with Crippen molar-refractivity contribution in [3.63, 3.8) is 0 Å². The van der Waals surface area contributed by atoms with Crippen molar-refractivity contribution in [1.82, 2.24) is 20.1 Å². The van der Waals surface area contributed by atoms with Gasteiger partial charge in [0.2, 0.25) is 0 Å². The topological polar surface area (TPSA) is 44.8 Å². The highest BCUT2D eigenvalue weighted by Crippen LogP contribution is 2.34. The minimum Gasteiger partial charge on any atom is -0.299 e. The van der Waals surface area contributed by atoms with Crippen LogP contribution in [-0.4, -0.2) is 33.2 Å². The lowest BCUT2D eigenvalue weighted by Crippen LogP contribution is -2.21. The molecule has 24 heavy (non-hydrogen) atoms. The Kier molecular flexibility index (Phi) is 4.93. The number of H-pyrrole nitrogens is 1. The molecule has 2 aliphatic rings. The van der Waals surface area contributed by atoms with Gasteiger partial charge in [-0.1, -0.05) is 25.3 Å². The Morgan fingerprint density at radius 2 is 2.04 bits per heavy atom. The molecule has 0 bridgehead atoms. The van der Waals surface area contributed by atoms with Crippen LogP contribution >= 0.6 is 0 Å². The Morgan fingerprint density at radius 3 is 2.88 bits per heavy atom. The van der Waals surface area contributed by atoms with E-state index in [1.807, 2.05) is 12.3 Å². The Hall–Kier alpha value is -1.68. The van der Waals surface area contributed by atoms with E-state index in [-0.39, 0.29) is 0 Å². The molecule has 1 saturated heterocycles. The standard InChI is InChI=1S/C20H28N4/c1-2-6-17(7-3-1)20-18(13-22-23-20)15-24-11-9-16(14-24)12-19-8-4-5-10-21-19/h4-5,8,10,13,16-17H,1-3,6-7,9,11-12,14-15H2,(H,22,23). The van der Waals surface area contributed by atoms with Crippen molar-refractivity contribution in [2.45, 2.75) is 57.4 Å². The van der Waals surface area contributed by atoms with Gasteiger partial charge in [0.15, 0.2) is 0 Å². The summed E-state index contributed by atoms with van der Waals surface area (Å²) >= 11 is 0. The van der Waals surface area contributed by atoms with Crippen molar-refractivity contribution in [3.05, 3.63) is 47.5 Å². The van der Waals surface area contributed by atoms with Crippen molar-refractivity contribution in [1.29, 1.82) is 0 Å². The molecule has 2 fully saturated rings. The predicted molar refractivity (Wildman–Crippen MR) is 95.7 cm³/mol. The molecule has 0 aromatic carbocycles. The molecule has 0 radical (unpaired) electrons. The number of rotatable bonds is 5. The van der Waals surface area contributed by atoms with E-state index in [1.54, 1.807) is 0 Å². The third-order valence-electron chi connectivity index (χ3n) is 5.75. The van der Waals surface area contributed by atoms with Gasteiger partial charge in [-0.2, -0.15) is 5.10 Å². The van der Waals surface area contributed by atoms with Gasteiger partial charge in [0.25, 0.3) is 0 Å². The van der Waals surface area contributed by atoms with Crippen molar-refractivity contribution >= 4 is 0 Å². The smallest absolute Gasteiger partial charge is 0.0535 e. The summed E-state index contributed by atoms with van der Waals surface area (Å²) in [5.41, 5.74) is 4.08. The fourth-order valence-corrected chi connectivity index (χ4v) is 4.47. The monoisotopic (exact) mass is 324 g/mol. The van der Waals surface area contributed by atoms with Crippen LogP contribution < -0.4 is 0 Å². The molecule has 0 amide bonds. The third-order valence-corrected chi connectivity index (χ3v) is 5.75. The third kappa shape index (κ3) is 3.69. The van der Waals surface area contributed by atoms with Crippen molar-refractivity contribution in [3.8, 4) is 0 Å². The second-order valence-electron chi connectivity index (χ2n) is 7.56. The lowest BCUT2D eigenvalue weighted by Gasteiger charge is -2.23. The fraction of sp³-hybridized carbons (Fsp3) is 0.600. The van der Waals surface area contributed by atoms with Gasteiger partial charge in [0.1, 0.15) is 0 Å². The van der Waals surface area contributed by atoms with Crippen LogP contribution in [0.2, 0.25) is 0 Å². The summed E-state index contributed by atoms with van der Waals surface area (Å²) in [6.45, 7) is 3.44. The molecule has 128 valence electrons. The van der Waals surface area contributed by atoms with E-state index in [4.69, 9.17) is 0 Å². The predicted octanol–water partition coefficient (Wildman–Crippen LogP) is 3.92. The van der Waals surface area contributed by atoms with Gasteiger partial charge in [-0.3, -0.25) is 15.0 Å². The molecule has 0 spiro atoms. The van der Waals surface area contributed by atoms with Gasteiger partial charge in [0, 0.05) is 42.2 Å². The number of nitrogens with zero attached hydrogens (tertiary/aromatic N) is 3. The molecule has 1 aliphatic heterocycles. The Labute approximate surface area is 144 Å². The summed E-state index contributed by atoms with van der Waals surface area (Å²) in [6.07, 6.45) is 13.2. The molecular weight excluding hydrogens is 296 g/mol. The highest BCUT2D eigenvalue weighted by Gasteiger charge is 2.26. The van der Waals surface area contributed by atoms with Gasteiger partial charge >= 0.3 is 0 Å².